The monoisotopic (exact) mass is 412 g/mol. The first-order valence-electron chi connectivity index (χ1n) is 10.7. The normalized spacial score (nSPS) is 18.2. The Bertz CT molecular complexity index is 827. The van der Waals surface area contributed by atoms with Crippen molar-refractivity contribution in [1.82, 2.24) is 19.8 Å². The molecule has 0 radical (unpaired) electrons. The van der Waals surface area contributed by atoms with Gasteiger partial charge in [0, 0.05) is 17.5 Å². The van der Waals surface area contributed by atoms with Crippen molar-refractivity contribution in [3.05, 3.63) is 46.5 Å². The molecule has 154 valence electrons. The van der Waals surface area contributed by atoms with Crippen molar-refractivity contribution in [2.45, 2.75) is 76.4 Å². The standard InChI is InChI=1S/C22H28N4O2S/c1-2-15-8-10-16(11-9-15)20(21(27)23-17-6-4-3-5-7-17)26(18-12-13-18)22(28)19-14-29-25-24-19/h8-11,14,17-18,20H,2-7,12-13H2,1H3,(H,23,27)/t20-/m1/s1. The number of aromatic nitrogens is 2. The zero-order valence-electron chi connectivity index (χ0n) is 16.8. The fourth-order valence-electron chi connectivity index (χ4n) is 4.14. The molecule has 0 bridgehead atoms. The van der Waals surface area contributed by atoms with E-state index in [4.69, 9.17) is 0 Å². The zero-order chi connectivity index (χ0) is 20.2. The van der Waals surface area contributed by atoms with Crippen LogP contribution in [0.1, 0.15) is 79.5 Å². The number of carbonyl (C=O) groups excluding carboxylic acids is 2. The molecule has 0 saturated heterocycles. The van der Waals surface area contributed by atoms with Gasteiger partial charge in [-0.2, -0.15) is 0 Å². The van der Waals surface area contributed by atoms with E-state index < -0.39 is 6.04 Å². The minimum Gasteiger partial charge on any atom is -0.351 e. The molecule has 2 amide bonds. The summed E-state index contributed by atoms with van der Waals surface area (Å²) in [5.41, 5.74) is 2.40. The van der Waals surface area contributed by atoms with Gasteiger partial charge in [-0.15, -0.1) is 5.10 Å². The Kier molecular flexibility index (Phi) is 6.23. The number of carbonyl (C=O) groups is 2. The summed E-state index contributed by atoms with van der Waals surface area (Å²) in [7, 11) is 0. The lowest BCUT2D eigenvalue weighted by Crippen LogP contribution is -2.48. The lowest BCUT2D eigenvalue weighted by Gasteiger charge is -2.33. The molecule has 0 unspecified atom stereocenters. The molecular formula is C22H28N4O2S. The Morgan fingerprint density at radius 1 is 1.14 bits per heavy atom. The summed E-state index contributed by atoms with van der Waals surface area (Å²) < 4.78 is 3.84. The highest BCUT2D eigenvalue weighted by Crippen LogP contribution is 2.36. The third kappa shape index (κ3) is 4.66. The van der Waals surface area contributed by atoms with Crippen LogP contribution in [-0.2, 0) is 11.2 Å². The predicted molar refractivity (Wildman–Crippen MR) is 113 cm³/mol. The zero-order valence-corrected chi connectivity index (χ0v) is 17.7. The number of amides is 2. The van der Waals surface area contributed by atoms with Crippen LogP contribution in [0.3, 0.4) is 0 Å². The van der Waals surface area contributed by atoms with E-state index in [9.17, 15) is 9.59 Å². The molecule has 1 heterocycles. The fraction of sp³-hybridized carbons (Fsp3) is 0.545. The van der Waals surface area contributed by atoms with Gasteiger partial charge in [-0.1, -0.05) is 54.9 Å². The van der Waals surface area contributed by atoms with E-state index in [0.29, 0.717) is 5.69 Å². The smallest absolute Gasteiger partial charge is 0.276 e. The molecule has 0 aliphatic heterocycles. The minimum absolute atomic E-state index is 0.0791. The van der Waals surface area contributed by atoms with E-state index in [2.05, 4.69) is 34.0 Å². The van der Waals surface area contributed by atoms with Gasteiger partial charge in [-0.3, -0.25) is 9.59 Å². The number of rotatable bonds is 7. The van der Waals surface area contributed by atoms with Gasteiger partial charge < -0.3 is 10.2 Å². The molecule has 1 N–H and O–H groups in total. The van der Waals surface area contributed by atoms with Crippen LogP contribution in [0.4, 0.5) is 0 Å². The number of nitrogens with one attached hydrogen (secondary N) is 1. The third-order valence-corrected chi connectivity index (χ3v) is 6.44. The molecule has 2 saturated carbocycles. The SMILES string of the molecule is CCc1ccc([C@H](C(=O)NC2CCCCC2)N(C(=O)c2csnn2)C2CC2)cc1. The number of hydrogen-bond acceptors (Lipinski definition) is 5. The summed E-state index contributed by atoms with van der Waals surface area (Å²) in [6.07, 6.45) is 8.34. The van der Waals surface area contributed by atoms with Crippen LogP contribution in [0.5, 0.6) is 0 Å². The Labute approximate surface area is 175 Å². The van der Waals surface area contributed by atoms with Gasteiger partial charge in [-0.25, -0.2) is 0 Å². The van der Waals surface area contributed by atoms with Gasteiger partial charge >= 0.3 is 0 Å². The van der Waals surface area contributed by atoms with Crippen molar-refractivity contribution in [3.8, 4) is 0 Å². The summed E-state index contributed by atoms with van der Waals surface area (Å²) in [6.45, 7) is 2.11. The number of benzene rings is 1. The van der Waals surface area contributed by atoms with Crippen LogP contribution >= 0.6 is 11.5 Å². The van der Waals surface area contributed by atoms with Crippen molar-refractivity contribution in [1.29, 1.82) is 0 Å². The highest BCUT2D eigenvalue weighted by Gasteiger charge is 2.42. The van der Waals surface area contributed by atoms with E-state index in [1.165, 1.54) is 12.0 Å². The van der Waals surface area contributed by atoms with Gasteiger partial charge in [0.05, 0.1) is 0 Å². The summed E-state index contributed by atoms with van der Waals surface area (Å²) >= 11 is 1.16. The molecule has 1 aromatic heterocycles. The van der Waals surface area contributed by atoms with Crippen molar-refractivity contribution in [2.75, 3.05) is 0 Å². The first kappa shape index (κ1) is 20.0. The average molecular weight is 413 g/mol. The predicted octanol–water partition coefficient (Wildman–Crippen LogP) is 3.90. The van der Waals surface area contributed by atoms with E-state index in [0.717, 1.165) is 62.0 Å². The molecule has 0 spiro atoms. The first-order valence-corrected chi connectivity index (χ1v) is 11.5. The molecule has 2 fully saturated rings. The van der Waals surface area contributed by atoms with Gasteiger partial charge in [0.1, 0.15) is 6.04 Å². The quantitative estimate of drug-likeness (QED) is 0.748. The van der Waals surface area contributed by atoms with Crippen molar-refractivity contribution >= 4 is 23.3 Å². The van der Waals surface area contributed by atoms with Crippen LogP contribution in [0.2, 0.25) is 0 Å². The van der Waals surface area contributed by atoms with Gasteiger partial charge in [0.2, 0.25) is 5.91 Å². The fourth-order valence-corrected chi connectivity index (χ4v) is 4.57. The molecule has 1 aromatic carbocycles. The molecular weight excluding hydrogens is 384 g/mol. The maximum absolute atomic E-state index is 13.5. The number of nitrogens with zero attached hydrogens (tertiary/aromatic N) is 3. The second-order valence-corrected chi connectivity index (χ2v) is 8.68. The van der Waals surface area contributed by atoms with Crippen LogP contribution in [0.25, 0.3) is 0 Å². The Morgan fingerprint density at radius 3 is 2.45 bits per heavy atom. The van der Waals surface area contributed by atoms with Crippen molar-refractivity contribution in [2.24, 2.45) is 0 Å². The summed E-state index contributed by atoms with van der Waals surface area (Å²) in [5.74, 6) is -0.283. The lowest BCUT2D eigenvalue weighted by molar-refractivity contribution is -0.127. The van der Waals surface area contributed by atoms with E-state index in [-0.39, 0.29) is 23.9 Å². The Morgan fingerprint density at radius 2 is 1.86 bits per heavy atom. The second kappa shape index (κ2) is 9.03. The largest absolute Gasteiger partial charge is 0.351 e. The molecule has 6 nitrogen and oxygen atoms in total. The third-order valence-electron chi connectivity index (χ3n) is 5.94. The van der Waals surface area contributed by atoms with E-state index in [1.54, 1.807) is 10.3 Å². The second-order valence-electron chi connectivity index (χ2n) is 8.07. The van der Waals surface area contributed by atoms with E-state index in [1.807, 2.05) is 12.1 Å². The highest BCUT2D eigenvalue weighted by atomic mass is 32.1. The first-order chi connectivity index (χ1) is 14.2. The molecule has 1 atom stereocenters. The molecule has 29 heavy (non-hydrogen) atoms. The maximum Gasteiger partial charge on any atom is 0.276 e. The van der Waals surface area contributed by atoms with Crippen LogP contribution < -0.4 is 5.32 Å². The van der Waals surface area contributed by atoms with Gasteiger partial charge in [0.25, 0.3) is 5.91 Å². The Balaban J connectivity index is 1.65. The lowest BCUT2D eigenvalue weighted by atomic mass is 9.94. The maximum atomic E-state index is 13.5. The number of hydrogen-bond donors (Lipinski definition) is 1. The van der Waals surface area contributed by atoms with Crippen molar-refractivity contribution < 1.29 is 9.59 Å². The molecule has 4 rings (SSSR count). The van der Waals surface area contributed by atoms with E-state index >= 15 is 0 Å². The average Bonchev–Trinajstić information content (AvgIpc) is 3.44. The van der Waals surface area contributed by atoms with Gasteiger partial charge in [-0.05, 0) is 54.8 Å². The summed E-state index contributed by atoms with van der Waals surface area (Å²) in [5, 5.41) is 8.88. The van der Waals surface area contributed by atoms with Crippen LogP contribution in [-0.4, -0.2) is 38.4 Å². The van der Waals surface area contributed by atoms with Crippen LogP contribution in [0, 0.1) is 0 Å². The van der Waals surface area contributed by atoms with Crippen molar-refractivity contribution in [3.63, 3.8) is 0 Å². The summed E-state index contributed by atoms with van der Waals surface area (Å²) in [6, 6.07) is 7.73. The Hall–Kier alpha value is -2.28. The van der Waals surface area contributed by atoms with Gasteiger partial charge in [0.15, 0.2) is 5.69 Å². The highest BCUT2D eigenvalue weighted by molar-refractivity contribution is 7.03. The summed E-state index contributed by atoms with van der Waals surface area (Å²) in [4.78, 5) is 28.5. The molecule has 2 aliphatic carbocycles. The molecule has 2 aromatic rings. The minimum atomic E-state index is -0.635. The molecule has 7 heteroatoms. The van der Waals surface area contributed by atoms with Crippen LogP contribution in [0.15, 0.2) is 29.6 Å². The number of aryl methyl sites for hydroxylation is 1. The molecule has 2 aliphatic rings. The topological polar surface area (TPSA) is 75.2 Å².